The van der Waals surface area contributed by atoms with Crippen LogP contribution in [0.25, 0.3) is 0 Å². The minimum Gasteiger partial charge on any atom is -0.313 e. The molecule has 1 N–H and O–H groups in total. The van der Waals surface area contributed by atoms with E-state index in [2.05, 4.69) is 51.2 Å². The fourth-order valence-corrected chi connectivity index (χ4v) is 3.05. The maximum atomic E-state index is 3.68. The van der Waals surface area contributed by atoms with E-state index in [-0.39, 0.29) is 0 Å². The van der Waals surface area contributed by atoms with Crippen LogP contribution in [-0.2, 0) is 0 Å². The molecule has 94 valence electrons. The van der Waals surface area contributed by atoms with Gasteiger partial charge in [0.1, 0.15) is 0 Å². The average Bonchev–Trinajstić information content (AvgIpc) is 2.69. The summed E-state index contributed by atoms with van der Waals surface area (Å²) in [6.07, 6.45) is 2.58. The normalized spacial score (nSPS) is 24.5. The first kappa shape index (κ1) is 12.6. The van der Waals surface area contributed by atoms with Gasteiger partial charge in [-0.05, 0) is 50.3 Å². The van der Waals surface area contributed by atoms with E-state index in [4.69, 9.17) is 0 Å². The van der Waals surface area contributed by atoms with Gasteiger partial charge >= 0.3 is 0 Å². The standard InChI is InChI=1S/C16H25N/c1-11(2)9-16-14(7-8-17-16)15-10-12(3)5-6-13(15)4/h5-6,10-11,14,16-17H,7-9H2,1-4H3. The van der Waals surface area contributed by atoms with E-state index in [0.717, 1.165) is 11.8 Å². The Morgan fingerprint density at radius 2 is 2.06 bits per heavy atom. The van der Waals surface area contributed by atoms with Crippen molar-refractivity contribution in [1.82, 2.24) is 5.32 Å². The molecule has 1 fully saturated rings. The van der Waals surface area contributed by atoms with Gasteiger partial charge in [0.05, 0.1) is 0 Å². The molecule has 1 aromatic carbocycles. The lowest BCUT2D eigenvalue weighted by Gasteiger charge is -2.23. The van der Waals surface area contributed by atoms with Crippen molar-refractivity contribution >= 4 is 0 Å². The van der Waals surface area contributed by atoms with Gasteiger partial charge in [-0.15, -0.1) is 0 Å². The van der Waals surface area contributed by atoms with E-state index in [0.29, 0.717) is 6.04 Å². The Hall–Kier alpha value is -0.820. The molecular weight excluding hydrogens is 206 g/mol. The van der Waals surface area contributed by atoms with E-state index in [1.54, 1.807) is 5.56 Å². The maximum Gasteiger partial charge on any atom is 0.0139 e. The summed E-state index contributed by atoms with van der Waals surface area (Å²) in [4.78, 5) is 0. The summed E-state index contributed by atoms with van der Waals surface area (Å²) in [5, 5.41) is 3.68. The molecular formula is C16H25N. The van der Waals surface area contributed by atoms with Crippen LogP contribution in [-0.4, -0.2) is 12.6 Å². The molecule has 2 rings (SSSR count). The summed E-state index contributed by atoms with van der Waals surface area (Å²) in [6.45, 7) is 10.3. The third-order valence-electron chi connectivity index (χ3n) is 3.91. The van der Waals surface area contributed by atoms with Gasteiger partial charge in [-0.1, -0.05) is 37.6 Å². The van der Waals surface area contributed by atoms with E-state index in [1.165, 1.54) is 30.5 Å². The molecule has 2 atom stereocenters. The van der Waals surface area contributed by atoms with Crippen LogP contribution in [0.3, 0.4) is 0 Å². The Morgan fingerprint density at radius 3 is 2.76 bits per heavy atom. The van der Waals surface area contributed by atoms with Crippen LogP contribution in [0.2, 0.25) is 0 Å². The number of benzene rings is 1. The van der Waals surface area contributed by atoms with Gasteiger partial charge in [0.15, 0.2) is 0 Å². The molecule has 0 amide bonds. The van der Waals surface area contributed by atoms with Gasteiger partial charge < -0.3 is 5.32 Å². The zero-order chi connectivity index (χ0) is 12.4. The molecule has 0 aliphatic carbocycles. The quantitative estimate of drug-likeness (QED) is 0.834. The molecule has 1 aliphatic heterocycles. The predicted molar refractivity (Wildman–Crippen MR) is 74.5 cm³/mol. The molecule has 0 bridgehead atoms. The highest BCUT2D eigenvalue weighted by Gasteiger charge is 2.29. The summed E-state index contributed by atoms with van der Waals surface area (Å²) in [5.74, 6) is 1.50. The average molecular weight is 231 g/mol. The first-order valence-corrected chi connectivity index (χ1v) is 6.88. The summed E-state index contributed by atoms with van der Waals surface area (Å²) < 4.78 is 0. The van der Waals surface area contributed by atoms with Gasteiger partial charge in [0.2, 0.25) is 0 Å². The minimum atomic E-state index is 0.676. The smallest absolute Gasteiger partial charge is 0.0139 e. The van der Waals surface area contributed by atoms with Crippen molar-refractivity contribution in [2.75, 3.05) is 6.54 Å². The molecule has 17 heavy (non-hydrogen) atoms. The van der Waals surface area contributed by atoms with Crippen LogP contribution in [0.15, 0.2) is 18.2 Å². The van der Waals surface area contributed by atoms with Crippen molar-refractivity contribution in [3.05, 3.63) is 34.9 Å². The van der Waals surface area contributed by atoms with Crippen LogP contribution in [0.1, 0.15) is 49.3 Å². The summed E-state index contributed by atoms with van der Waals surface area (Å²) in [6, 6.07) is 7.56. The molecule has 0 spiro atoms. The van der Waals surface area contributed by atoms with Gasteiger partial charge in [-0.3, -0.25) is 0 Å². The Kier molecular flexibility index (Phi) is 3.88. The zero-order valence-electron chi connectivity index (χ0n) is 11.6. The van der Waals surface area contributed by atoms with Crippen molar-refractivity contribution in [1.29, 1.82) is 0 Å². The Labute approximate surface area is 106 Å². The Bertz CT molecular complexity index is 381. The second-order valence-corrected chi connectivity index (χ2v) is 5.95. The summed E-state index contributed by atoms with van der Waals surface area (Å²) in [7, 11) is 0. The van der Waals surface area contributed by atoms with Gasteiger partial charge in [0.25, 0.3) is 0 Å². The van der Waals surface area contributed by atoms with Crippen LogP contribution < -0.4 is 5.32 Å². The predicted octanol–water partition coefficient (Wildman–Crippen LogP) is 3.80. The molecule has 1 aliphatic rings. The molecule has 1 heteroatoms. The second kappa shape index (κ2) is 5.22. The fraction of sp³-hybridized carbons (Fsp3) is 0.625. The molecule has 0 saturated carbocycles. The number of hydrogen-bond donors (Lipinski definition) is 1. The Morgan fingerprint density at radius 1 is 1.29 bits per heavy atom. The number of hydrogen-bond acceptors (Lipinski definition) is 1. The number of rotatable bonds is 3. The molecule has 2 unspecified atom stereocenters. The molecule has 1 aromatic rings. The Balaban J connectivity index is 2.22. The molecule has 1 saturated heterocycles. The molecule has 1 heterocycles. The monoisotopic (exact) mass is 231 g/mol. The first-order valence-electron chi connectivity index (χ1n) is 6.88. The minimum absolute atomic E-state index is 0.676. The van der Waals surface area contributed by atoms with Crippen LogP contribution in [0.4, 0.5) is 0 Å². The van der Waals surface area contributed by atoms with E-state index in [1.807, 2.05) is 0 Å². The van der Waals surface area contributed by atoms with Gasteiger partial charge in [0, 0.05) is 12.0 Å². The largest absolute Gasteiger partial charge is 0.313 e. The van der Waals surface area contributed by atoms with Crippen molar-refractivity contribution in [2.24, 2.45) is 5.92 Å². The highest BCUT2D eigenvalue weighted by atomic mass is 14.9. The lowest BCUT2D eigenvalue weighted by molar-refractivity contribution is 0.433. The lowest BCUT2D eigenvalue weighted by atomic mass is 9.84. The lowest BCUT2D eigenvalue weighted by Crippen LogP contribution is -2.27. The van der Waals surface area contributed by atoms with Gasteiger partial charge in [-0.25, -0.2) is 0 Å². The van der Waals surface area contributed by atoms with Crippen molar-refractivity contribution in [3.8, 4) is 0 Å². The summed E-state index contributed by atoms with van der Waals surface area (Å²) in [5.41, 5.74) is 4.42. The fourth-order valence-electron chi connectivity index (χ4n) is 3.05. The van der Waals surface area contributed by atoms with Crippen LogP contribution in [0.5, 0.6) is 0 Å². The highest BCUT2D eigenvalue weighted by Crippen LogP contribution is 2.33. The van der Waals surface area contributed by atoms with E-state index >= 15 is 0 Å². The molecule has 0 aromatic heterocycles. The van der Waals surface area contributed by atoms with Gasteiger partial charge in [-0.2, -0.15) is 0 Å². The van der Waals surface area contributed by atoms with Crippen LogP contribution >= 0.6 is 0 Å². The maximum absolute atomic E-state index is 3.68. The van der Waals surface area contributed by atoms with Crippen LogP contribution in [0, 0.1) is 19.8 Å². The van der Waals surface area contributed by atoms with Crippen molar-refractivity contribution in [2.45, 2.75) is 52.5 Å². The third kappa shape index (κ3) is 2.90. The van der Waals surface area contributed by atoms with Crippen molar-refractivity contribution in [3.63, 3.8) is 0 Å². The highest BCUT2D eigenvalue weighted by molar-refractivity contribution is 5.35. The molecule has 0 radical (unpaired) electrons. The van der Waals surface area contributed by atoms with Crippen molar-refractivity contribution < 1.29 is 0 Å². The third-order valence-corrected chi connectivity index (χ3v) is 3.91. The number of aryl methyl sites for hydroxylation is 2. The SMILES string of the molecule is Cc1ccc(C)c(C2CCNC2CC(C)C)c1. The number of nitrogens with one attached hydrogen (secondary N) is 1. The molecule has 1 nitrogen and oxygen atoms in total. The first-order chi connectivity index (χ1) is 8.08. The summed E-state index contributed by atoms with van der Waals surface area (Å²) >= 11 is 0. The van der Waals surface area contributed by atoms with E-state index in [9.17, 15) is 0 Å². The van der Waals surface area contributed by atoms with E-state index < -0.39 is 0 Å². The topological polar surface area (TPSA) is 12.0 Å². The second-order valence-electron chi connectivity index (χ2n) is 5.95. The zero-order valence-corrected chi connectivity index (χ0v) is 11.6.